The summed E-state index contributed by atoms with van der Waals surface area (Å²) >= 11 is 0. The van der Waals surface area contributed by atoms with Crippen LogP contribution >= 0.6 is 0 Å². The van der Waals surface area contributed by atoms with Gasteiger partial charge in [0.25, 0.3) is 0 Å². The van der Waals surface area contributed by atoms with Crippen LogP contribution in [-0.4, -0.2) is 6.61 Å². The molecule has 1 aromatic rings. The SMILES string of the molecule is CC(NN)c1ccc2c(c1)CCO2. The molecule has 0 saturated carbocycles. The molecule has 70 valence electrons. The van der Waals surface area contributed by atoms with Gasteiger partial charge in [0.2, 0.25) is 0 Å². The van der Waals surface area contributed by atoms with Crippen molar-refractivity contribution in [3.63, 3.8) is 0 Å². The third-order valence-electron chi connectivity index (χ3n) is 2.46. The van der Waals surface area contributed by atoms with Crippen LogP contribution in [0, 0.1) is 0 Å². The number of hydrogen-bond acceptors (Lipinski definition) is 3. The maximum atomic E-state index is 5.42. The molecule has 0 fully saturated rings. The monoisotopic (exact) mass is 178 g/mol. The van der Waals surface area contributed by atoms with Crippen LogP contribution in [0.1, 0.15) is 24.1 Å². The molecule has 0 bridgehead atoms. The van der Waals surface area contributed by atoms with Crippen LogP contribution in [0.2, 0.25) is 0 Å². The summed E-state index contributed by atoms with van der Waals surface area (Å²) in [4.78, 5) is 0. The number of ether oxygens (including phenoxy) is 1. The Bertz CT molecular complexity index is 312. The number of benzene rings is 1. The van der Waals surface area contributed by atoms with Gasteiger partial charge >= 0.3 is 0 Å². The molecule has 0 radical (unpaired) electrons. The predicted octanol–water partition coefficient (Wildman–Crippen LogP) is 1.15. The van der Waals surface area contributed by atoms with Crippen molar-refractivity contribution < 1.29 is 4.74 Å². The summed E-state index contributed by atoms with van der Waals surface area (Å²) < 4.78 is 5.42. The molecule has 3 nitrogen and oxygen atoms in total. The lowest BCUT2D eigenvalue weighted by atomic mass is 10.0. The van der Waals surface area contributed by atoms with E-state index in [1.807, 2.05) is 13.0 Å². The molecule has 13 heavy (non-hydrogen) atoms. The molecule has 2 rings (SSSR count). The van der Waals surface area contributed by atoms with Crippen LogP contribution in [0.25, 0.3) is 0 Å². The summed E-state index contributed by atoms with van der Waals surface area (Å²) in [6.07, 6.45) is 1.01. The highest BCUT2D eigenvalue weighted by Gasteiger charge is 2.13. The first-order valence-electron chi connectivity index (χ1n) is 4.53. The van der Waals surface area contributed by atoms with E-state index < -0.39 is 0 Å². The predicted molar refractivity (Wildman–Crippen MR) is 51.4 cm³/mol. The van der Waals surface area contributed by atoms with Crippen molar-refractivity contribution in [1.29, 1.82) is 0 Å². The van der Waals surface area contributed by atoms with Crippen LogP contribution in [0.5, 0.6) is 5.75 Å². The normalized spacial score (nSPS) is 16.5. The highest BCUT2D eigenvalue weighted by Crippen LogP contribution is 2.27. The molecule has 3 heteroatoms. The Morgan fingerprint density at radius 3 is 3.15 bits per heavy atom. The maximum absolute atomic E-state index is 5.42. The summed E-state index contributed by atoms with van der Waals surface area (Å²) in [5.74, 6) is 6.39. The first-order valence-corrected chi connectivity index (χ1v) is 4.53. The number of hydrazine groups is 1. The van der Waals surface area contributed by atoms with Crippen molar-refractivity contribution >= 4 is 0 Å². The highest BCUT2D eigenvalue weighted by atomic mass is 16.5. The van der Waals surface area contributed by atoms with Crippen molar-refractivity contribution in [3.8, 4) is 5.75 Å². The van der Waals surface area contributed by atoms with E-state index in [2.05, 4.69) is 17.6 Å². The van der Waals surface area contributed by atoms with E-state index in [4.69, 9.17) is 10.6 Å². The zero-order valence-corrected chi connectivity index (χ0v) is 7.71. The summed E-state index contributed by atoms with van der Waals surface area (Å²) in [5, 5.41) is 0. The Kier molecular flexibility index (Phi) is 2.20. The summed E-state index contributed by atoms with van der Waals surface area (Å²) in [6.45, 7) is 2.85. The van der Waals surface area contributed by atoms with Gasteiger partial charge in [-0.3, -0.25) is 11.3 Å². The summed E-state index contributed by atoms with van der Waals surface area (Å²) in [6, 6.07) is 6.43. The van der Waals surface area contributed by atoms with Crippen LogP contribution in [0.3, 0.4) is 0 Å². The van der Waals surface area contributed by atoms with Crippen molar-refractivity contribution in [1.82, 2.24) is 5.43 Å². The Morgan fingerprint density at radius 2 is 2.38 bits per heavy atom. The Balaban J connectivity index is 2.30. The maximum Gasteiger partial charge on any atom is 0.122 e. The molecule has 0 spiro atoms. The Labute approximate surface area is 77.9 Å². The molecule has 0 aromatic heterocycles. The van der Waals surface area contributed by atoms with Gasteiger partial charge in [-0.25, -0.2) is 0 Å². The standard InChI is InChI=1S/C10H14N2O/c1-7(12-11)8-2-3-10-9(6-8)4-5-13-10/h2-3,6-7,12H,4-5,11H2,1H3. The molecular weight excluding hydrogens is 164 g/mol. The molecule has 3 N–H and O–H groups in total. The van der Waals surface area contributed by atoms with Gasteiger partial charge in [-0.15, -0.1) is 0 Å². The number of fused-ring (bicyclic) bond motifs is 1. The van der Waals surface area contributed by atoms with Crippen molar-refractivity contribution in [2.45, 2.75) is 19.4 Å². The smallest absolute Gasteiger partial charge is 0.122 e. The van der Waals surface area contributed by atoms with E-state index in [1.54, 1.807) is 0 Å². The van der Waals surface area contributed by atoms with Crippen molar-refractivity contribution in [3.05, 3.63) is 29.3 Å². The quantitative estimate of drug-likeness (QED) is 0.527. The number of hydrogen-bond donors (Lipinski definition) is 2. The summed E-state index contributed by atoms with van der Waals surface area (Å²) in [5.41, 5.74) is 5.24. The minimum absolute atomic E-state index is 0.200. The Hall–Kier alpha value is -1.06. The second-order valence-corrected chi connectivity index (χ2v) is 3.35. The first kappa shape index (κ1) is 8.53. The van der Waals surface area contributed by atoms with E-state index >= 15 is 0 Å². The fourth-order valence-corrected chi connectivity index (χ4v) is 1.57. The minimum Gasteiger partial charge on any atom is -0.493 e. The lowest BCUT2D eigenvalue weighted by Gasteiger charge is -2.10. The summed E-state index contributed by atoms with van der Waals surface area (Å²) in [7, 11) is 0. The average molecular weight is 178 g/mol. The fraction of sp³-hybridized carbons (Fsp3) is 0.400. The van der Waals surface area contributed by atoms with Gasteiger partial charge in [0.15, 0.2) is 0 Å². The second-order valence-electron chi connectivity index (χ2n) is 3.35. The fourth-order valence-electron chi connectivity index (χ4n) is 1.57. The molecule has 1 heterocycles. The topological polar surface area (TPSA) is 47.3 Å². The number of nitrogens with one attached hydrogen (secondary N) is 1. The molecular formula is C10H14N2O. The van der Waals surface area contributed by atoms with Crippen molar-refractivity contribution in [2.75, 3.05) is 6.61 Å². The van der Waals surface area contributed by atoms with E-state index in [0.29, 0.717) is 0 Å². The lowest BCUT2D eigenvalue weighted by molar-refractivity contribution is 0.356. The van der Waals surface area contributed by atoms with Crippen LogP contribution < -0.4 is 16.0 Å². The largest absolute Gasteiger partial charge is 0.493 e. The van der Waals surface area contributed by atoms with Gasteiger partial charge in [0.1, 0.15) is 5.75 Å². The van der Waals surface area contributed by atoms with E-state index in [9.17, 15) is 0 Å². The van der Waals surface area contributed by atoms with Gasteiger partial charge in [0, 0.05) is 12.5 Å². The molecule has 1 aliphatic rings. The van der Waals surface area contributed by atoms with Gasteiger partial charge < -0.3 is 4.74 Å². The van der Waals surface area contributed by atoms with Gasteiger partial charge in [-0.2, -0.15) is 0 Å². The Morgan fingerprint density at radius 1 is 1.54 bits per heavy atom. The third kappa shape index (κ3) is 1.53. The average Bonchev–Trinajstić information content (AvgIpc) is 2.63. The third-order valence-corrected chi connectivity index (χ3v) is 2.46. The molecule has 0 saturated heterocycles. The first-order chi connectivity index (χ1) is 6.31. The van der Waals surface area contributed by atoms with Gasteiger partial charge in [-0.05, 0) is 24.1 Å². The molecule has 0 aliphatic carbocycles. The second kappa shape index (κ2) is 3.36. The van der Waals surface area contributed by atoms with Gasteiger partial charge in [0.05, 0.1) is 6.61 Å². The molecule has 1 unspecified atom stereocenters. The van der Waals surface area contributed by atoms with E-state index in [1.165, 1.54) is 11.1 Å². The molecule has 1 atom stereocenters. The van der Waals surface area contributed by atoms with Crippen LogP contribution in [0.4, 0.5) is 0 Å². The van der Waals surface area contributed by atoms with E-state index in [-0.39, 0.29) is 6.04 Å². The highest BCUT2D eigenvalue weighted by molar-refractivity contribution is 5.40. The van der Waals surface area contributed by atoms with Crippen LogP contribution in [0.15, 0.2) is 18.2 Å². The van der Waals surface area contributed by atoms with Crippen molar-refractivity contribution in [2.24, 2.45) is 5.84 Å². The lowest BCUT2D eigenvalue weighted by Crippen LogP contribution is -2.25. The number of rotatable bonds is 2. The molecule has 1 aromatic carbocycles. The minimum atomic E-state index is 0.200. The van der Waals surface area contributed by atoms with Gasteiger partial charge in [-0.1, -0.05) is 12.1 Å². The van der Waals surface area contributed by atoms with Crippen LogP contribution in [-0.2, 0) is 6.42 Å². The molecule has 1 aliphatic heterocycles. The zero-order valence-electron chi connectivity index (χ0n) is 7.71. The van der Waals surface area contributed by atoms with E-state index in [0.717, 1.165) is 18.8 Å². The molecule has 0 amide bonds. The zero-order chi connectivity index (χ0) is 9.26. The number of nitrogens with two attached hydrogens (primary N) is 1.